The summed E-state index contributed by atoms with van der Waals surface area (Å²) in [5.41, 5.74) is 5.78. The maximum absolute atomic E-state index is 11.8. The van der Waals surface area contributed by atoms with Crippen molar-refractivity contribution in [1.29, 1.82) is 0 Å². The molecule has 0 aliphatic carbocycles. The Morgan fingerprint density at radius 2 is 1.84 bits per heavy atom. The second kappa shape index (κ2) is 8.15. The summed E-state index contributed by atoms with van der Waals surface area (Å²) in [5, 5.41) is 11.7. The second-order valence-corrected chi connectivity index (χ2v) is 6.38. The minimum atomic E-state index is -0.896. The van der Waals surface area contributed by atoms with Gasteiger partial charge in [-0.05, 0) is 18.3 Å². The molecule has 5 heteroatoms. The number of rotatable bonds is 8. The van der Waals surface area contributed by atoms with Gasteiger partial charge in [0.1, 0.15) is 0 Å². The van der Waals surface area contributed by atoms with E-state index in [1.807, 2.05) is 27.7 Å². The van der Waals surface area contributed by atoms with Crippen molar-refractivity contribution in [1.82, 2.24) is 5.32 Å². The average molecular weight is 272 g/mol. The molecule has 5 nitrogen and oxygen atoms in total. The summed E-state index contributed by atoms with van der Waals surface area (Å²) in [5.74, 6) is -1.05. The van der Waals surface area contributed by atoms with E-state index in [0.29, 0.717) is 6.42 Å². The molecule has 0 fully saturated rings. The highest BCUT2D eigenvalue weighted by atomic mass is 16.4. The molecule has 2 unspecified atom stereocenters. The van der Waals surface area contributed by atoms with E-state index in [4.69, 9.17) is 10.8 Å². The molecule has 0 heterocycles. The van der Waals surface area contributed by atoms with Gasteiger partial charge in [0.15, 0.2) is 0 Å². The summed E-state index contributed by atoms with van der Waals surface area (Å²) >= 11 is 0. The van der Waals surface area contributed by atoms with Crippen LogP contribution >= 0.6 is 0 Å². The molecule has 0 radical (unpaired) electrons. The number of nitrogens with one attached hydrogen (secondary N) is 1. The Labute approximate surface area is 115 Å². The number of carboxylic acid groups (broad SMARTS) is 1. The van der Waals surface area contributed by atoms with Crippen molar-refractivity contribution in [3.63, 3.8) is 0 Å². The molecule has 0 spiro atoms. The van der Waals surface area contributed by atoms with E-state index < -0.39 is 5.97 Å². The number of carboxylic acids is 1. The molecule has 0 aromatic rings. The Bertz CT molecular complexity index is 298. The van der Waals surface area contributed by atoms with Gasteiger partial charge in [-0.3, -0.25) is 9.59 Å². The van der Waals surface area contributed by atoms with Crippen LogP contribution in [0.1, 0.15) is 59.8 Å². The van der Waals surface area contributed by atoms with E-state index in [9.17, 15) is 9.59 Å². The van der Waals surface area contributed by atoms with E-state index in [1.54, 1.807) is 0 Å². The Kier molecular flexibility index (Phi) is 7.68. The van der Waals surface area contributed by atoms with Crippen molar-refractivity contribution in [3.05, 3.63) is 0 Å². The van der Waals surface area contributed by atoms with E-state index in [0.717, 1.165) is 12.8 Å². The van der Waals surface area contributed by atoms with Crippen LogP contribution in [0.5, 0.6) is 0 Å². The van der Waals surface area contributed by atoms with Gasteiger partial charge in [0.05, 0.1) is 6.42 Å². The summed E-state index contributed by atoms with van der Waals surface area (Å²) in [6.07, 6.45) is 2.58. The minimum absolute atomic E-state index is 0.0288. The zero-order valence-electron chi connectivity index (χ0n) is 12.5. The van der Waals surface area contributed by atoms with E-state index in [1.165, 1.54) is 0 Å². The van der Waals surface area contributed by atoms with Crippen LogP contribution in [0.3, 0.4) is 0 Å². The molecule has 0 saturated heterocycles. The number of amides is 1. The van der Waals surface area contributed by atoms with Gasteiger partial charge >= 0.3 is 5.97 Å². The third-order valence-corrected chi connectivity index (χ3v) is 2.75. The second-order valence-electron chi connectivity index (χ2n) is 6.38. The SMILES string of the molecule is CCCC(N)CC(=O)NC(CC(=O)O)CC(C)(C)C. The maximum Gasteiger partial charge on any atom is 0.305 e. The van der Waals surface area contributed by atoms with Crippen LogP contribution in [0.4, 0.5) is 0 Å². The van der Waals surface area contributed by atoms with Crippen LogP contribution in [-0.4, -0.2) is 29.1 Å². The average Bonchev–Trinajstić information content (AvgIpc) is 2.12. The van der Waals surface area contributed by atoms with E-state index in [2.05, 4.69) is 5.32 Å². The van der Waals surface area contributed by atoms with Gasteiger partial charge in [-0.2, -0.15) is 0 Å². The summed E-state index contributed by atoms with van der Waals surface area (Å²) in [7, 11) is 0. The predicted octanol–water partition coefficient (Wildman–Crippen LogP) is 1.90. The molecule has 0 aromatic heterocycles. The van der Waals surface area contributed by atoms with Crippen LogP contribution < -0.4 is 11.1 Å². The van der Waals surface area contributed by atoms with Crippen LogP contribution in [0.2, 0.25) is 0 Å². The first-order valence-corrected chi connectivity index (χ1v) is 6.90. The minimum Gasteiger partial charge on any atom is -0.481 e. The quantitative estimate of drug-likeness (QED) is 0.629. The van der Waals surface area contributed by atoms with Gasteiger partial charge in [-0.15, -0.1) is 0 Å². The lowest BCUT2D eigenvalue weighted by molar-refractivity contribution is -0.137. The first-order chi connectivity index (χ1) is 8.64. The number of nitrogens with two attached hydrogens (primary N) is 1. The van der Waals surface area contributed by atoms with Crippen LogP contribution in [0, 0.1) is 5.41 Å². The van der Waals surface area contributed by atoms with Gasteiger partial charge < -0.3 is 16.2 Å². The van der Waals surface area contributed by atoms with Crippen molar-refractivity contribution in [3.8, 4) is 0 Å². The third kappa shape index (κ3) is 10.5. The number of carbonyl (C=O) groups excluding carboxylic acids is 1. The molecular weight excluding hydrogens is 244 g/mol. The molecule has 0 rings (SSSR count). The van der Waals surface area contributed by atoms with Gasteiger partial charge in [0.25, 0.3) is 0 Å². The van der Waals surface area contributed by atoms with E-state index in [-0.39, 0.29) is 36.2 Å². The zero-order valence-corrected chi connectivity index (χ0v) is 12.5. The topological polar surface area (TPSA) is 92.4 Å². The fourth-order valence-electron chi connectivity index (χ4n) is 2.12. The van der Waals surface area contributed by atoms with Crippen molar-refractivity contribution in [2.45, 2.75) is 71.9 Å². The molecule has 1 amide bonds. The lowest BCUT2D eigenvalue weighted by Gasteiger charge is -2.26. The zero-order chi connectivity index (χ0) is 15.1. The van der Waals surface area contributed by atoms with Crippen molar-refractivity contribution in [2.24, 2.45) is 11.1 Å². The molecule has 0 aliphatic heterocycles. The molecular formula is C14H28N2O3. The van der Waals surface area contributed by atoms with Gasteiger partial charge in [-0.1, -0.05) is 34.1 Å². The van der Waals surface area contributed by atoms with Crippen LogP contribution in [0.15, 0.2) is 0 Å². The van der Waals surface area contributed by atoms with Crippen molar-refractivity contribution >= 4 is 11.9 Å². The molecule has 0 saturated carbocycles. The summed E-state index contributed by atoms with van der Waals surface area (Å²) in [4.78, 5) is 22.6. The fourth-order valence-corrected chi connectivity index (χ4v) is 2.12. The highest BCUT2D eigenvalue weighted by molar-refractivity contribution is 5.78. The van der Waals surface area contributed by atoms with Gasteiger partial charge in [0.2, 0.25) is 5.91 Å². The number of aliphatic carboxylic acids is 1. The Balaban J connectivity index is 4.38. The normalized spacial score (nSPS) is 14.8. The molecule has 0 bridgehead atoms. The van der Waals surface area contributed by atoms with Gasteiger partial charge in [0, 0.05) is 18.5 Å². The highest BCUT2D eigenvalue weighted by Crippen LogP contribution is 2.22. The standard InChI is InChI=1S/C14H28N2O3/c1-5-6-10(15)7-12(17)16-11(8-13(18)19)9-14(2,3)4/h10-11H,5-9,15H2,1-4H3,(H,16,17)(H,18,19). The first-order valence-electron chi connectivity index (χ1n) is 6.90. The fraction of sp³-hybridized carbons (Fsp3) is 0.857. The number of carbonyl (C=O) groups is 2. The Morgan fingerprint density at radius 1 is 1.26 bits per heavy atom. The lowest BCUT2D eigenvalue weighted by Crippen LogP contribution is -2.41. The largest absolute Gasteiger partial charge is 0.481 e. The van der Waals surface area contributed by atoms with Crippen molar-refractivity contribution in [2.75, 3.05) is 0 Å². The summed E-state index contributed by atoms with van der Waals surface area (Å²) in [6, 6.07) is -0.482. The Morgan fingerprint density at radius 3 is 2.26 bits per heavy atom. The summed E-state index contributed by atoms with van der Waals surface area (Å²) < 4.78 is 0. The molecule has 112 valence electrons. The van der Waals surface area contributed by atoms with Crippen LogP contribution in [-0.2, 0) is 9.59 Å². The lowest BCUT2D eigenvalue weighted by atomic mass is 9.87. The van der Waals surface area contributed by atoms with Crippen molar-refractivity contribution < 1.29 is 14.7 Å². The molecule has 4 N–H and O–H groups in total. The highest BCUT2D eigenvalue weighted by Gasteiger charge is 2.23. The van der Waals surface area contributed by atoms with Gasteiger partial charge in [-0.25, -0.2) is 0 Å². The van der Waals surface area contributed by atoms with Crippen LogP contribution in [0.25, 0.3) is 0 Å². The predicted molar refractivity (Wildman–Crippen MR) is 75.8 cm³/mol. The molecule has 0 aliphatic rings. The number of hydrogen-bond donors (Lipinski definition) is 3. The van der Waals surface area contributed by atoms with E-state index >= 15 is 0 Å². The smallest absolute Gasteiger partial charge is 0.305 e. The Hall–Kier alpha value is -1.10. The molecule has 0 aromatic carbocycles. The monoisotopic (exact) mass is 272 g/mol. The molecule has 19 heavy (non-hydrogen) atoms. The molecule has 2 atom stereocenters. The maximum atomic E-state index is 11.8. The summed E-state index contributed by atoms with van der Waals surface area (Å²) in [6.45, 7) is 8.09. The first kappa shape index (κ1) is 17.9. The third-order valence-electron chi connectivity index (χ3n) is 2.75. The number of hydrogen-bond acceptors (Lipinski definition) is 3.